The molecular weight excluding hydrogens is 396 g/mol. The van der Waals surface area contributed by atoms with E-state index in [0.717, 1.165) is 24.8 Å². The number of sulfonamides is 1. The van der Waals surface area contributed by atoms with Gasteiger partial charge in [0.1, 0.15) is 0 Å². The van der Waals surface area contributed by atoms with Crippen LogP contribution in [0.15, 0.2) is 53.4 Å². The highest BCUT2D eigenvalue weighted by atomic mass is 32.2. The molecule has 1 amide bonds. The highest BCUT2D eigenvalue weighted by Gasteiger charge is 2.29. The van der Waals surface area contributed by atoms with Crippen LogP contribution in [0.25, 0.3) is 0 Å². The Bertz CT molecular complexity index is 993. The Morgan fingerprint density at radius 2 is 1.57 bits per heavy atom. The first-order valence-electron chi connectivity index (χ1n) is 10.9. The largest absolute Gasteiger partial charge is 0.339 e. The van der Waals surface area contributed by atoms with Gasteiger partial charge in [-0.25, -0.2) is 8.42 Å². The van der Waals surface area contributed by atoms with Gasteiger partial charge in [0.15, 0.2) is 0 Å². The van der Waals surface area contributed by atoms with Gasteiger partial charge in [0.2, 0.25) is 10.0 Å². The van der Waals surface area contributed by atoms with E-state index in [1.54, 1.807) is 24.3 Å². The van der Waals surface area contributed by atoms with Gasteiger partial charge in [0, 0.05) is 31.7 Å². The Hall–Kier alpha value is -2.18. The minimum absolute atomic E-state index is 0.0299. The predicted octanol–water partition coefficient (Wildman–Crippen LogP) is 4.23. The third-order valence-corrected chi connectivity index (χ3v) is 8.39. The lowest BCUT2D eigenvalue weighted by atomic mass is 10.0. The molecule has 2 aliphatic rings. The lowest BCUT2D eigenvalue weighted by molar-refractivity contribution is 0.0717. The Balaban J connectivity index is 1.48. The average Bonchev–Trinajstić information content (AvgIpc) is 3.07. The van der Waals surface area contributed by atoms with Gasteiger partial charge in [-0.2, -0.15) is 4.31 Å². The molecule has 1 heterocycles. The molecule has 0 saturated heterocycles. The van der Waals surface area contributed by atoms with Crippen molar-refractivity contribution in [2.45, 2.75) is 62.4 Å². The molecule has 0 atom stereocenters. The zero-order valence-corrected chi connectivity index (χ0v) is 18.4. The van der Waals surface area contributed by atoms with Gasteiger partial charge in [-0.1, -0.05) is 49.9 Å². The minimum Gasteiger partial charge on any atom is -0.339 e. The summed E-state index contributed by atoms with van der Waals surface area (Å²) in [6, 6.07) is 14.7. The molecule has 2 aromatic rings. The van der Waals surface area contributed by atoms with Crippen LogP contribution in [-0.2, 0) is 23.0 Å². The summed E-state index contributed by atoms with van der Waals surface area (Å²) in [5.74, 6) is -0.0299. The van der Waals surface area contributed by atoms with Crippen molar-refractivity contribution in [1.29, 1.82) is 0 Å². The van der Waals surface area contributed by atoms with Crippen LogP contribution in [0.5, 0.6) is 0 Å². The van der Waals surface area contributed by atoms with Crippen LogP contribution in [0.4, 0.5) is 0 Å². The summed E-state index contributed by atoms with van der Waals surface area (Å²) in [7, 11) is -1.72. The summed E-state index contributed by atoms with van der Waals surface area (Å²) in [6.45, 7) is 0.869. The maximum absolute atomic E-state index is 13.1. The summed E-state index contributed by atoms with van der Waals surface area (Å²) in [6.07, 6.45) is 7.63. The molecule has 0 N–H and O–H groups in total. The van der Waals surface area contributed by atoms with E-state index in [1.807, 2.05) is 30.1 Å². The van der Waals surface area contributed by atoms with Crippen LogP contribution in [-0.4, -0.2) is 43.2 Å². The summed E-state index contributed by atoms with van der Waals surface area (Å²) in [5, 5.41) is 0. The molecule has 1 fully saturated rings. The smallest absolute Gasteiger partial charge is 0.253 e. The number of amides is 1. The normalized spacial score (nSPS) is 18.4. The lowest BCUT2D eigenvalue weighted by Gasteiger charge is -2.28. The maximum atomic E-state index is 13.1. The van der Waals surface area contributed by atoms with Gasteiger partial charge in [-0.15, -0.1) is 0 Å². The molecule has 0 spiro atoms. The van der Waals surface area contributed by atoms with E-state index in [-0.39, 0.29) is 16.8 Å². The van der Waals surface area contributed by atoms with E-state index in [1.165, 1.54) is 35.6 Å². The zero-order valence-electron chi connectivity index (χ0n) is 17.6. The van der Waals surface area contributed by atoms with E-state index < -0.39 is 10.0 Å². The second-order valence-electron chi connectivity index (χ2n) is 8.44. The monoisotopic (exact) mass is 426 g/mol. The van der Waals surface area contributed by atoms with Crippen molar-refractivity contribution in [3.05, 3.63) is 65.2 Å². The number of nitrogens with zero attached hydrogens (tertiary/aromatic N) is 2. The first-order valence-corrected chi connectivity index (χ1v) is 12.3. The SMILES string of the molecule is CN(C(=O)c1ccc(S(=O)(=O)N2CCc3ccccc3C2)cc1)C1CCCCCC1. The van der Waals surface area contributed by atoms with Crippen LogP contribution in [0, 0.1) is 0 Å². The van der Waals surface area contributed by atoms with E-state index in [2.05, 4.69) is 6.07 Å². The highest BCUT2D eigenvalue weighted by Crippen LogP contribution is 2.26. The van der Waals surface area contributed by atoms with Gasteiger partial charge < -0.3 is 4.90 Å². The number of carbonyl (C=O) groups excluding carboxylic acids is 1. The van der Waals surface area contributed by atoms with Crippen molar-refractivity contribution in [1.82, 2.24) is 9.21 Å². The minimum atomic E-state index is -3.58. The van der Waals surface area contributed by atoms with Crippen LogP contribution in [0.3, 0.4) is 0 Å². The van der Waals surface area contributed by atoms with Gasteiger partial charge >= 0.3 is 0 Å². The van der Waals surface area contributed by atoms with E-state index >= 15 is 0 Å². The molecule has 4 rings (SSSR count). The Labute approximate surface area is 179 Å². The van der Waals surface area contributed by atoms with Gasteiger partial charge in [-0.3, -0.25) is 4.79 Å². The number of carbonyl (C=O) groups is 1. The molecule has 0 aromatic heterocycles. The van der Waals surface area contributed by atoms with E-state index in [9.17, 15) is 13.2 Å². The van der Waals surface area contributed by atoms with Gasteiger partial charge in [0.25, 0.3) is 5.91 Å². The zero-order chi connectivity index (χ0) is 21.1. The Kier molecular flexibility index (Phi) is 6.25. The molecule has 1 aliphatic heterocycles. The van der Waals surface area contributed by atoms with Crippen LogP contribution < -0.4 is 0 Å². The second kappa shape index (κ2) is 8.90. The summed E-state index contributed by atoms with van der Waals surface area (Å²) < 4.78 is 27.8. The molecule has 30 heavy (non-hydrogen) atoms. The molecule has 0 unspecified atom stereocenters. The van der Waals surface area contributed by atoms with Gasteiger partial charge in [0.05, 0.1) is 4.90 Å². The first kappa shape index (κ1) is 21.1. The number of rotatable bonds is 4. The fourth-order valence-corrected chi connectivity index (χ4v) is 6.03. The van der Waals surface area contributed by atoms with Crippen molar-refractivity contribution in [2.75, 3.05) is 13.6 Å². The molecular formula is C24H30N2O3S. The molecule has 0 bridgehead atoms. The molecule has 1 aliphatic carbocycles. The second-order valence-corrected chi connectivity index (χ2v) is 10.4. The summed E-state index contributed by atoms with van der Waals surface area (Å²) in [5.41, 5.74) is 2.82. The highest BCUT2D eigenvalue weighted by molar-refractivity contribution is 7.89. The molecule has 6 heteroatoms. The predicted molar refractivity (Wildman–Crippen MR) is 118 cm³/mol. The fourth-order valence-electron chi connectivity index (χ4n) is 4.61. The standard InChI is InChI=1S/C24H30N2O3S/c1-25(22-10-4-2-3-5-11-22)24(27)20-12-14-23(15-13-20)30(28,29)26-17-16-19-8-6-7-9-21(19)18-26/h6-9,12-15,22H,2-5,10-11,16-18H2,1H3. The molecule has 1 saturated carbocycles. The Morgan fingerprint density at radius 1 is 0.933 bits per heavy atom. The topological polar surface area (TPSA) is 57.7 Å². The number of benzene rings is 2. The number of fused-ring (bicyclic) bond motifs is 1. The quantitative estimate of drug-likeness (QED) is 0.688. The summed E-state index contributed by atoms with van der Waals surface area (Å²) in [4.78, 5) is 15.0. The van der Waals surface area contributed by atoms with Crippen LogP contribution in [0.1, 0.15) is 60.0 Å². The van der Waals surface area contributed by atoms with Crippen molar-refractivity contribution in [2.24, 2.45) is 0 Å². The summed E-state index contributed by atoms with van der Waals surface area (Å²) >= 11 is 0. The van der Waals surface area contributed by atoms with Crippen LogP contribution >= 0.6 is 0 Å². The van der Waals surface area contributed by atoms with E-state index in [0.29, 0.717) is 18.7 Å². The van der Waals surface area contributed by atoms with E-state index in [4.69, 9.17) is 0 Å². The van der Waals surface area contributed by atoms with Gasteiger partial charge in [-0.05, 0) is 54.7 Å². The molecule has 5 nitrogen and oxygen atoms in total. The molecule has 0 radical (unpaired) electrons. The molecule has 160 valence electrons. The van der Waals surface area contributed by atoms with Crippen molar-refractivity contribution in [3.63, 3.8) is 0 Å². The first-order chi connectivity index (χ1) is 14.5. The van der Waals surface area contributed by atoms with Crippen molar-refractivity contribution < 1.29 is 13.2 Å². The number of hydrogen-bond donors (Lipinski definition) is 0. The average molecular weight is 427 g/mol. The van der Waals surface area contributed by atoms with Crippen LogP contribution in [0.2, 0.25) is 0 Å². The Morgan fingerprint density at radius 3 is 2.23 bits per heavy atom. The lowest BCUT2D eigenvalue weighted by Crippen LogP contribution is -2.37. The third kappa shape index (κ3) is 4.30. The molecule has 2 aromatic carbocycles. The fraction of sp³-hybridized carbons (Fsp3) is 0.458. The van der Waals surface area contributed by atoms with Crippen molar-refractivity contribution in [3.8, 4) is 0 Å². The van der Waals surface area contributed by atoms with Crippen molar-refractivity contribution >= 4 is 15.9 Å². The third-order valence-electron chi connectivity index (χ3n) is 6.53. The maximum Gasteiger partial charge on any atom is 0.253 e. The number of hydrogen-bond acceptors (Lipinski definition) is 3.